The van der Waals surface area contributed by atoms with Crippen LogP contribution >= 0.6 is 27.3 Å². The van der Waals surface area contributed by atoms with Gasteiger partial charge in [0.05, 0.1) is 11.0 Å². The van der Waals surface area contributed by atoms with E-state index < -0.39 is 0 Å². The predicted octanol–water partition coefficient (Wildman–Crippen LogP) is 13.3. The molecule has 8 aromatic rings. The van der Waals surface area contributed by atoms with Crippen molar-refractivity contribution in [1.29, 1.82) is 0 Å². The van der Waals surface area contributed by atoms with Crippen LogP contribution in [0.4, 0.5) is 11.4 Å². The van der Waals surface area contributed by atoms with E-state index in [2.05, 4.69) is 166 Å². The van der Waals surface area contributed by atoms with E-state index in [4.69, 9.17) is 0 Å². The zero-order valence-electron chi connectivity index (χ0n) is 26.1. The highest BCUT2D eigenvalue weighted by Gasteiger charge is 2.13. The largest absolute Gasteiger partial charge is 0.317 e. The molecule has 0 bridgehead atoms. The molecule has 0 atom stereocenters. The predicted molar refractivity (Wildman–Crippen MR) is 210 cm³/mol. The van der Waals surface area contributed by atoms with Crippen molar-refractivity contribution in [2.24, 2.45) is 0 Å². The summed E-state index contributed by atoms with van der Waals surface area (Å²) in [5.74, 6) is 0. The molecule has 0 N–H and O–H groups in total. The minimum atomic E-state index is 1.08. The minimum Gasteiger partial charge on any atom is -0.317 e. The van der Waals surface area contributed by atoms with Crippen LogP contribution < -0.4 is 4.90 Å². The maximum Gasteiger partial charge on any atom is 0.0541 e. The van der Waals surface area contributed by atoms with Gasteiger partial charge in [-0.05, 0) is 79.2 Å². The zero-order chi connectivity index (χ0) is 32.2. The molecule has 4 heteroatoms. The smallest absolute Gasteiger partial charge is 0.0541 e. The van der Waals surface area contributed by atoms with Crippen LogP contribution in [0.5, 0.6) is 0 Å². The van der Waals surface area contributed by atoms with Gasteiger partial charge in [-0.1, -0.05) is 120 Å². The number of anilines is 2. The summed E-state index contributed by atoms with van der Waals surface area (Å²) in [5, 5.41) is 5.30. The van der Waals surface area contributed by atoms with Gasteiger partial charge in [-0.2, -0.15) is 0 Å². The first-order valence-electron chi connectivity index (χ1n) is 15.6. The van der Waals surface area contributed by atoms with Crippen molar-refractivity contribution in [3.63, 3.8) is 0 Å². The van der Waals surface area contributed by atoms with Crippen LogP contribution in [0.1, 0.15) is 5.56 Å². The van der Waals surface area contributed by atoms with Crippen LogP contribution in [0, 0.1) is 6.92 Å². The lowest BCUT2D eigenvalue weighted by molar-refractivity contribution is 1.19. The Morgan fingerprint density at radius 3 is 1.94 bits per heavy atom. The Labute approximate surface area is 288 Å². The van der Waals surface area contributed by atoms with Crippen molar-refractivity contribution in [3.8, 4) is 5.69 Å². The van der Waals surface area contributed by atoms with Gasteiger partial charge in [-0.3, -0.25) is 0 Å². The number of aromatic nitrogens is 1. The van der Waals surface area contributed by atoms with E-state index in [1.54, 1.807) is 6.08 Å². The van der Waals surface area contributed by atoms with Crippen LogP contribution in [0.15, 0.2) is 181 Å². The van der Waals surface area contributed by atoms with Crippen LogP contribution in [0.3, 0.4) is 0 Å². The fraction of sp³-hybridized carbons (Fsp3) is 0.0233. The summed E-state index contributed by atoms with van der Waals surface area (Å²) in [4.78, 5) is 2.16. The van der Waals surface area contributed by atoms with E-state index in [1.807, 2.05) is 47.8 Å². The van der Waals surface area contributed by atoms with Gasteiger partial charge in [-0.15, -0.1) is 11.3 Å². The van der Waals surface area contributed by atoms with E-state index in [0.29, 0.717) is 0 Å². The second-order valence-corrected chi connectivity index (χ2v) is 13.3. The van der Waals surface area contributed by atoms with E-state index in [1.165, 1.54) is 53.2 Å². The van der Waals surface area contributed by atoms with Crippen LogP contribution in [-0.2, 0) is 0 Å². The molecule has 2 heterocycles. The number of aryl methyl sites for hydroxylation is 1. The van der Waals surface area contributed by atoms with Gasteiger partial charge < -0.3 is 9.47 Å². The van der Waals surface area contributed by atoms with E-state index in [9.17, 15) is 0 Å². The highest BCUT2D eigenvalue weighted by atomic mass is 79.9. The number of fused-ring (bicyclic) bond motifs is 6. The van der Waals surface area contributed by atoms with Gasteiger partial charge in [-0.25, -0.2) is 0 Å². The number of hydrogen-bond donors (Lipinski definition) is 0. The molecule has 6 aromatic carbocycles. The molecule has 0 aliphatic heterocycles. The molecule has 0 radical (unpaired) electrons. The van der Waals surface area contributed by atoms with Crippen molar-refractivity contribution in [2.45, 2.75) is 6.92 Å². The third-order valence-corrected chi connectivity index (χ3v) is 9.72. The standard InChI is InChI=1S/C24H15NS.C19H18BrN/c1-4-10-21-17(7-1)18-8-2-5-11-22(18)25(21)16-13-14-20-19-9-3-6-12-23(19)26-24(20)15-16;1-3-4-5-9-12-21(18-10-7-6-8-11-18)19-14-16(2)13-17(20)15-19/h1-15H;3-15H,1H2,2H3/b;5-4-,12-9-. The second kappa shape index (κ2) is 13.7. The van der Waals surface area contributed by atoms with Gasteiger partial charge in [0, 0.05) is 58.7 Å². The van der Waals surface area contributed by atoms with Crippen molar-refractivity contribution >= 4 is 80.6 Å². The summed E-state index contributed by atoms with van der Waals surface area (Å²) in [7, 11) is 0. The monoisotopic (exact) mass is 688 g/mol. The number of halogens is 1. The highest BCUT2D eigenvalue weighted by Crippen LogP contribution is 2.37. The van der Waals surface area contributed by atoms with E-state index in [0.717, 1.165) is 15.8 Å². The SMILES string of the molecule is C=C/C=C\C=C/N(c1ccccc1)c1cc(C)cc(Br)c1.c1ccc2c(c1)sc1cc(-n3c4ccccc4c4ccccc43)ccc12. The lowest BCUT2D eigenvalue weighted by Gasteiger charge is -2.21. The van der Waals surface area contributed by atoms with Crippen molar-refractivity contribution in [3.05, 3.63) is 187 Å². The summed E-state index contributed by atoms with van der Waals surface area (Å²) >= 11 is 5.44. The third-order valence-electron chi connectivity index (χ3n) is 8.13. The maximum absolute atomic E-state index is 3.68. The number of para-hydroxylation sites is 3. The lowest BCUT2D eigenvalue weighted by atomic mass is 10.1. The van der Waals surface area contributed by atoms with Crippen LogP contribution in [0.25, 0.3) is 47.7 Å². The summed E-state index contributed by atoms with van der Waals surface area (Å²) in [5.41, 5.74) is 7.20. The van der Waals surface area contributed by atoms with Gasteiger partial charge in [0.2, 0.25) is 0 Å². The molecule has 0 aliphatic rings. The molecule has 0 saturated carbocycles. The number of hydrogen-bond acceptors (Lipinski definition) is 2. The average Bonchev–Trinajstić information content (AvgIpc) is 3.64. The van der Waals surface area contributed by atoms with Crippen molar-refractivity contribution < 1.29 is 0 Å². The molecule has 0 unspecified atom stereocenters. The number of rotatable bonds is 6. The van der Waals surface area contributed by atoms with Crippen LogP contribution in [-0.4, -0.2) is 4.57 Å². The molecule has 0 spiro atoms. The molecule has 2 aromatic heterocycles. The number of allylic oxidation sites excluding steroid dienone is 4. The molecule has 8 rings (SSSR count). The molecule has 0 amide bonds. The number of benzene rings is 6. The molecule has 2 nitrogen and oxygen atoms in total. The summed E-state index contributed by atoms with van der Waals surface area (Å²) in [6, 6.07) is 49.5. The van der Waals surface area contributed by atoms with E-state index >= 15 is 0 Å². The first-order chi connectivity index (χ1) is 23.1. The fourth-order valence-corrected chi connectivity index (χ4v) is 7.83. The number of thiophene rings is 1. The second-order valence-electron chi connectivity index (χ2n) is 11.3. The molecular formula is C43H33BrN2S. The van der Waals surface area contributed by atoms with E-state index in [-0.39, 0.29) is 0 Å². The third kappa shape index (κ3) is 6.31. The topological polar surface area (TPSA) is 8.17 Å². The van der Waals surface area contributed by atoms with Gasteiger partial charge >= 0.3 is 0 Å². The molecule has 0 aliphatic carbocycles. The first kappa shape index (κ1) is 30.5. The molecule has 0 fully saturated rings. The average molecular weight is 690 g/mol. The fourth-order valence-electron chi connectivity index (χ4n) is 6.10. The Balaban J connectivity index is 0.000000154. The van der Waals surface area contributed by atoms with Gasteiger partial charge in [0.15, 0.2) is 0 Å². The van der Waals surface area contributed by atoms with Gasteiger partial charge in [0.1, 0.15) is 0 Å². The Morgan fingerprint density at radius 1 is 0.596 bits per heavy atom. The van der Waals surface area contributed by atoms with Crippen molar-refractivity contribution in [1.82, 2.24) is 4.57 Å². The summed E-state index contributed by atoms with van der Waals surface area (Å²) in [6.45, 7) is 5.77. The van der Waals surface area contributed by atoms with Gasteiger partial charge in [0.25, 0.3) is 0 Å². The number of nitrogens with zero attached hydrogens (tertiary/aromatic N) is 2. The Bertz CT molecular complexity index is 2340. The highest BCUT2D eigenvalue weighted by molar-refractivity contribution is 9.10. The Morgan fingerprint density at radius 2 is 1.23 bits per heavy atom. The minimum absolute atomic E-state index is 1.08. The Kier molecular flexibility index (Phi) is 8.87. The summed E-state index contributed by atoms with van der Waals surface area (Å²) < 4.78 is 6.15. The lowest BCUT2D eigenvalue weighted by Crippen LogP contribution is -2.08. The summed E-state index contributed by atoms with van der Waals surface area (Å²) in [6.07, 6.45) is 9.70. The normalized spacial score (nSPS) is 11.5. The van der Waals surface area contributed by atoms with Crippen molar-refractivity contribution in [2.75, 3.05) is 4.90 Å². The zero-order valence-corrected chi connectivity index (χ0v) is 28.5. The molecular weight excluding hydrogens is 656 g/mol. The molecule has 47 heavy (non-hydrogen) atoms. The molecule has 0 saturated heterocycles. The van der Waals surface area contributed by atoms with Crippen LogP contribution in [0.2, 0.25) is 0 Å². The first-order valence-corrected chi connectivity index (χ1v) is 17.2. The molecule has 228 valence electrons. The Hall–Kier alpha value is -5.16. The maximum atomic E-state index is 3.68. The quantitative estimate of drug-likeness (QED) is 0.158.